The van der Waals surface area contributed by atoms with Crippen LogP contribution in [0.15, 0.2) is 54.6 Å². The van der Waals surface area contributed by atoms with Gasteiger partial charge < -0.3 is 9.64 Å². The molecule has 0 aromatic heterocycles. The van der Waals surface area contributed by atoms with Crippen LogP contribution >= 0.6 is 11.6 Å². The van der Waals surface area contributed by atoms with Gasteiger partial charge >= 0.3 is 0 Å². The van der Waals surface area contributed by atoms with Crippen molar-refractivity contribution in [2.24, 2.45) is 0 Å². The smallest absolute Gasteiger partial charge is 0.244 e. The summed E-state index contributed by atoms with van der Waals surface area (Å²) in [6, 6.07) is 16.6. The normalized spacial score (nSPS) is 23.1. The predicted octanol–water partition coefficient (Wildman–Crippen LogP) is 2.71. The topological polar surface area (TPSA) is 66.9 Å². The van der Waals surface area contributed by atoms with E-state index in [-0.39, 0.29) is 23.5 Å². The van der Waals surface area contributed by atoms with Crippen molar-refractivity contribution in [1.82, 2.24) is 9.80 Å². The van der Waals surface area contributed by atoms with Crippen molar-refractivity contribution in [2.45, 2.75) is 12.1 Å². The van der Waals surface area contributed by atoms with Gasteiger partial charge in [0.2, 0.25) is 5.91 Å². The van der Waals surface area contributed by atoms with Crippen LogP contribution in [-0.4, -0.2) is 68.4 Å². The molecule has 0 bridgehead atoms. The van der Waals surface area contributed by atoms with Gasteiger partial charge in [0, 0.05) is 24.7 Å². The van der Waals surface area contributed by atoms with Crippen LogP contribution in [0.4, 0.5) is 0 Å². The zero-order valence-corrected chi connectivity index (χ0v) is 18.2. The Morgan fingerprint density at radius 3 is 2.33 bits per heavy atom. The molecule has 8 heteroatoms. The molecule has 4 rings (SSSR count). The van der Waals surface area contributed by atoms with E-state index in [1.54, 1.807) is 0 Å². The van der Waals surface area contributed by atoms with Crippen LogP contribution in [0.5, 0.6) is 0 Å². The van der Waals surface area contributed by atoms with Gasteiger partial charge in [0.1, 0.15) is 12.1 Å². The number of hydrogen-bond acceptors (Lipinski definition) is 5. The monoisotopic (exact) mass is 448 g/mol. The van der Waals surface area contributed by atoms with Crippen LogP contribution in [0.1, 0.15) is 23.3 Å². The maximum atomic E-state index is 13.6. The van der Waals surface area contributed by atoms with Crippen molar-refractivity contribution in [3.8, 4) is 0 Å². The molecule has 6 nitrogen and oxygen atoms in total. The molecule has 160 valence electrons. The van der Waals surface area contributed by atoms with Crippen molar-refractivity contribution in [2.75, 3.05) is 44.3 Å². The highest BCUT2D eigenvalue weighted by Crippen LogP contribution is 2.29. The summed E-state index contributed by atoms with van der Waals surface area (Å²) in [4.78, 5) is 17.5. The first-order valence-corrected chi connectivity index (χ1v) is 12.3. The summed E-state index contributed by atoms with van der Waals surface area (Å²) in [5.41, 5.74) is 1.87. The third kappa shape index (κ3) is 4.86. The summed E-state index contributed by atoms with van der Waals surface area (Å²) < 4.78 is 29.7. The molecule has 0 N–H and O–H groups in total. The molecule has 30 heavy (non-hydrogen) atoms. The zero-order valence-electron chi connectivity index (χ0n) is 16.6. The maximum absolute atomic E-state index is 13.6. The molecule has 1 amide bonds. The fraction of sp³-hybridized carbons (Fsp3) is 0.409. The summed E-state index contributed by atoms with van der Waals surface area (Å²) in [5.74, 6) is 0.156. The predicted molar refractivity (Wildman–Crippen MR) is 116 cm³/mol. The lowest BCUT2D eigenvalue weighted by Crippen LogP contribution is -2.51. The number of sulfone groups is 1. The molecule has 0 spiro atoms. The Labute approximate surface area is 182 Å². The average Bonchev–Trinajstić information content (AvgIpc) is 2.76. The van der Waals surface area contributed by atoms with Crippen LogP contribution in [-0.2, 0) is 19.4 Å². The fourth-order valence-corrected chi connectivity index (χ4v) is 5.39. The molecule has 2 saturated heterocycles. The minimum Gasteiger partial charge on any atom is -0.370 e. The van der Waals surface area contributed by atoms with E-state index in [9.17, 15) is 13.2 Å². The van der Waals surface area contributed by atoms with Crippen LogP contribution in [0, 0.1) is 0 Å². The molecule has 2 unspecified atom stereocenters. The third-order valence-corrected chi connectivity index (χ3v) is 7.57. The molecule has 2 atom stereocenters. The standard InChI is InChI=1S/C22H25ClN2O4S/c23-19-8-6-17(7-9-19)20-16-25(10-13-29-20)22(26)21(18-4-2-1-3-5-18)24-11-14-30(27,28)15-12-24/h1-9,20-21H,10-16H2. The molecular weight excluding hydrogens is 424 g/mol. The van der Waals surface area contributed by atoms with Crippen LogP contribution in [0.25, 0.3) is 0 Å². The molecule has 0 saturated carbocycles. The van der Waals surface area contributed by atoms with Crippen molar-refractivity contribution < 1.29 is 17.9 Å². The summed E-state index contributed by atoms with van der Waals surface area (Å²) in [6.07, 6.45) is -0.210. The first kappa shape index (κ1) is 21.3. The number of morpholine rings is 1. The Hall–Kier alpha value is -1.93. The van der Waals surface area contributed by atoms with E-state index in [1.807, 2.05) is 64.4 Å². The lowest BCUT2D eigenvalue weighted by atomic mass is 10.0. The van der Waals surface area contributed by atoms with Gasteiger partial charge in [0.25, 0.3) is 0 Å². The minimum atomic E-state index is -3.03. The Morgan fingerprint density at radius 2 is 1.67 bits per heavy atom. The molecule has 2 aliphatic heterocycles. The SMILES string of the molecule is O=C(C(c1ccccc1)N1CCS(=O)(=O)CC1)N1CCOC(c2ccc(Cl)cc2)C1. The van der Waals surface area contributed by atoms with E-state index >= 15 is 0 Å². The maximum Gasteiger partial charge on any atom is 0.244 e. The Bertz CT molecular complexity index is 968. The van der Waals surface area contributed by atoms with E-state index in [4.69, 9.17) is 16.3 Å². The molecule has 2 aromatic carbocycles. The van der Waals surface area contributed by atoms with Crippen molar-refractivity contribution >= 4 is 27.3 Å². The Balaban J connectivity index is 1.56. The van der Waals surface area contributed by atoms with Gasteiger partial charge in [-0.3, -0.25) is 9.69 Å². The fourth-order valence-electron chi connectivity index (χ4n) is 4.03. The third-order valence-electron chi connectivity index (χ3n) is 5.71. The number of rotatable bonds is 4. The lowest BCUT2D eigenvalue weighted by Gasteiger charge is -2.39. The number of benzene rings is 2. The molecule has 2 aromatic rings. The summed E-state index contributed by atoms with van der Waals surface area (Å²) in [6.45, 7) is 2.14. The highest BCUT2D eigenvalue weighted by molar-refractivity contribution is 7.91. The summed E-state index contributed by atoms with van der Waals surface area (Å²) in [7, 11) is -3.03. The summed E-state index contributed by atoms with van der Waals surface area (Å²) in [5, 5.41) is 0.659. The number of carbonyl (C=O) groups excluding carboxylic acids is 1. The highest BCUT2D eigenvalue weighted by Gasteiger charge is 2.36. The van der Waals surface area contributed by atoms with E-state index in [0.29, 0.717) is 37.8 Å². The number of hydrogen-bond donors (Lipinski definition) is 0. The van der Waals surface area contributed by atoms with E-state index < -0.39 is 15.9 Å². The van der Waals surface area contributed by atoms with Crippen LogP contribution in [0.2, 0.25) is 5.02 Å². The van der Waals surface area contributed by atoms with Gasteiger partial charge in [-0.05, 0) is 23.3 Å². The zero-order chi connectivity index (χ0) is 21.1. The lowest BCUT2D eigenvalue weighted by molar-refractivity contribution is -0.145. The van der Waals surface area contributed by atoms with Gasteiger partial charge in [0.05, 0.1) is 24.7 Å². The summed E-state index contributed by atoms with van der Waals surface area (Å²) >= 11 is 5.99. The molecular formula is C22H25ClN2O4S. The first-order valence-electron chi connectivity index (χ1n) is 10.1. The Morgan fingerprint density at radius 1 is 1.00 bits per heavy atom. The molecule has 2 heterocycles. The number of nitrogens with zero attached hydrogens (tertiary/aromatic N) is 2. The van der Waals surface area contributed by atoms with Crippen molar-refractivity contribution in [3.63, 3.8) is 0 Å². The number of amides is 1. The van der Waals surface area contributed by atoms with Gasteiger partial charge in [0.15, 0.2) is 9.84 Å². The second kappa shape index (κ2) is 9.06. The van der Waals surface area contributed by atoms with E-state index in [2.05, 4.69) is 0 Å². The minimum absolute atomic E-state index is 0.0113. The van der Waals surface area contributed by atoms with Gasteiger partial charge in [-0.25, -0.2) is 8.42 Å². The second-order valence-electron chi connectivity index (χ2n) is 7.70. The number of halogens is 1. The largest absolute Gasteiger partial charge is 0.370 e. The molecule has 2 aliphatic rings. The van der Waals surface area contributed by atoms with Crippen molar-refractivity contribution in [1.29, 1.82) is 0 Å². The Kier molecular flexibility index (Phi) is 6.43. The van der Waals surface area contributed by atoms with Gasteiger partial charge in [-0.1, -0.05) is 54.1 Å². The first-order chi connectivity index (χ1) is 14.4. The van der Waals surface area contributed by atoms with E-state index in [0.717, 1.165) is 11.1 Å². The quantitative estimate of drug-likeness (QED) is 0.719. The van der Waals surface area contributed by atoms with Crippen LogP contribution < -0.4 is 0 Å². The number of ether oxygens (including phenoxy) is 1. The van der Waals surface area contributed by atoms with E-state index in [1.165, 1.54) is 0 Å². The molecule has 0 radical (unpaired) electrons. The second-order valence-corrected chi connectivity index (χ2v) is 10.4. The highest BCUT2D eigenvalue weighted by atomic mass is 35.5. The van der Waals surface area contributed by atoms with Crippen molar-refractivity contribution in [3.05, 3.63) is 70.7 Å². The van der Waals surface area contributed by atoms with Gasteiger partial charge in [-0.15, -0.1) is 0 Å². The van der Waals surface area contributed by atoms with Crippen LogP contribution in [0.3, 0.4) is 0 Å². The molecule has 2 fully saturated rings. The number of carbonyl (C=O) groups is 1. The molecule has 0 aliphatic carbocycles. The van der Waals surface area contributed by atoms with Gasteiger partial charge in [-0.2, -0.15) is 0 Å². The average molecular weight is 449 g/mol.